The van der Waals surface area contributed by atoms with Crippen molar-refractivity contribution < 1.29 is 14.6 Å². The molecule has 0 saturated carbocycles. The Kier molecular flexibility index (Phi) is 6.63. The summed E-state index contributed by atoms with van der Waals surface area (Å²) in [5, 5.41) is 16.9. The third-order valence-electron chi connectivity index (χ3n) is 3.23. The average Bonchev–Trinajstić information content (AvgIpc) is 3.05. The summed E-state index contributed by atoms with van der Waals surface area (Å²) in [5.74, 6) is 6.19. The van der Waals surface area contributed by atoms with Crippen molar-refractivity contribution in [1.29, 1.82) is 0 Å². The van der Waals surface area contributed by atoms with Gasteiger partial charge in [-0.2, -0.15) is 11.3 Å². The lowest BCUT2D eigenvalue weighted by molar-refractivity contribution is 0.0518. The maximum Gasteiger partial charge on any atom is 0.407 e. The highest BCUT2D eigenvalue weighted by Crippen LogP contribution is 2.17. The Labute approximate surface area is 152 Å². The molecule has 1 heterocycles. The van der Waals surface area contributed by atoms with Crippen molar-refractivity contribution in [3.05, 3.63) is 57.8 Å². The maximum atomic E-state index is 11.6. The normalized spacial score (nSPS) is 12.0. The summed E-state index contributed by atoms with van der Waals surface area (Å²) < 4.78 is 5.16. The molecule has 1 aromatic heterocycles. The highest BCUT2D eigenvalue weighted by molar-refractivity contribution is 7.08. The summed E-state index contributed by atoms with van der Waals surface area (Å²) in [7, 11) is 0. The Hall–Kier alpha value is -2.29. The molecule has 1 aromatic carbocycles. The number of alkyl carbamates (subject to hydrolysis) is 1. The van der Waals surface area contributed by atoms with Gasteiger partial charge in [-0.3, -0.25) is 0 Å². The predicted octanol–water partition coefficient (Wildman–Crippen LogP) is 4.10. The lowest BCUT2D eigenvalue weighted by Crippen LogP contribution is -2.33. The molecule has 0 aliphatic heterocycles. The zero-order valence-electron chi connectivity index (χ0n) is 14.7. The predicted molar refractivity (Wildman–Crippen MR) is 101 cm³/mol. The number of aliphatic hydroxyl groups excluding tert-OH is 1. The molecule has 132 valence electrons. The molecule has 0 saturated heterocycles. The Bertz CT molecular complexity index is 751. The van der Waals surface area contributed by atoms with Crippen molar-refractivity contribution in [3.8, 4) is 11.8 Å². The average molecular weight is 357 g/mol. The molecule has 0 spiro atoms. The van der Waals surface area contributed by atoms with Gasteiger partial charge in [0.1, 0.15) is 5.60 Å². The Morgan fingerprint density at radius 2 is 2.04 bits per heavy atom. The van der Waals surface area contributed by atoms with E-state index >= 15 is 0 Å². The summed E-state index contributed by atoms with van der Waals surface area (Å²) in [6, 6.07) is 9.48. The fourth-order valence-corrected chi connectivity index (χ4v) is 2.68. The number of hydrogen-bond acceptors (Lipinski definition) is 4. The van der Waals surface area contributed by atoms with Gasteiger partial charge in [0.25, 0.3) is 0 Å². The highest BCUT2D eigenvalue weighted by Gasteiger charge is 2.16. The van der Waals surface area contributed by atoms with Crippen LogP contribution < -0.4 is 5.32 Å². The van der Waals surface area contributed by atoms with E-state index in [9.17, 15) is 9.90 Å². The molecular formula is C20H23NO3S. The number of carbonyl (C=O) groups excluding carboxylic acids is 1. The molecule has 0 radical (unpaired) electrons. The zero-order chi connectivity index (χ0) is 18.3. The smallest absolute Gasteiger partial charge is 0.407 e. The van der Waals surface area contributed by atoms with Crippen LogP contribution in [0.2, 0.25) is 0 Å². The minimum absolute atomic E-state index is 0.334. The molecular weight excluding hydrogens is 334 g/mol. The van der Waals surface area contributed by atoms with Gasteiger partial charge in [0.2, 0.25) is 0 Å². The van der Waals surface area contributed by atoms with Crippen molar-refractivity contribution >= 4 is 17.4 Å². The third kappa shape index (κ3) is 7.00. The number of hydrogen-bond donors (Lipinski definition) is 2. The topological polar surface area (TPSA) is 58.6 Å². The van der Waals surface area contributed by atoms with Crippen LogP contribution in [0.3, 0.4) is 0 Å². The summed E-state index contributed by atoms with van der Waals surface area (Å²) in [6.07, 6.45) is -0.742. The largest absolute Gasteiger partial charge is 0.444 e. The van der Waals surface area contributed by atoms with Crippen LogP contribution in [0.15, 0.2) is 41.1 Å². The summed E-state index contributed by atoms with van der Waals surface area (Å²) in [5.41, 5.74) is 2.08. The Balaban J connectivity index is 1.88. The molecule has 25 heavy (non-hydrogen) atoms. The van der Waals surface area contributed by atoms with Crippen molar-refractivity contribution in [3.63, 3.8) is 0 Å². The summed E-state index contributed by atoms with van der Waals surface area (Å²) in [4.78, 5) is 11.6. The van der Waals surface area contributed by atoms with E-state index in [1.54, 1.807) is 11.3 Å². The van der Waals surface area contributed by atoms with Gasteiger partial charge in [0.05, 0.1) is 6.10 Å². The minimum atomic E-state index is -0.669. The molecule has 5 heteroatoms. The van der Waals surface area contributed by atoms with Gasteiger partial charge in [-0.05, 0) is 56.3 Å². The molecule has 0 aliphatic rings. The van der Waals surface area contributed by atoms with Crippen LogP contribution in [0.25, 0.3) is 0 Å². The third-order valence-corrected chi connectivity index (χ3v) is 3.91. The number of nitrogens with one attached hydrogen (secondary N) is 1. The fourth-order valence-electron chi connectivity index (χ4n) is 2.10. The van der Waals surface area contributed by atoms with Crippen LogP contribution >= 0.6 is 11.3 Å². The molecule has 4 nitrogen and oxygen atoms in total. The van der Waals surface area contributed by atoms with E-state index < -0.39 is 17.8 Å². The van der Waals surface area contributed by atoms with Crippen LogP contribution in [0.5, 0.6) is 0 Å². The van der Waals surface area contributed by atoms with E-state index in [2.05, 4.69) is 17.2 Å². The Morgan fingerprint density at radius 1 is 1.28 bits per heavy atom. The first-order valence-corrected chi connectivity index (χ1v) is 9.07. The van der Waals surface area contributed by atoms with E-state index in [-0.39, 0.29) is 0 Å². The van der Waals surface area contributed by atoms with Crippen LogP contribution in [-0.2, 0) is 4.74 Å². The van der Waals surface area contributed by atoms with E-state index in [4.69, 9.17) is 4.74 Å². The highest BCUT2D eigenvalue weighted by atomic mass is 32.1. The van der Waals surface area contributed by atoms with Crippen molar-refractivity contribution in [2.24, 2.45) is 0 Å². The van der Waals surface area contributed by atoms with Gasteiger partial charge in [0.15, 0.2) is 0 Å². The van der Waals surface area contributed by atoms with Crippen molar-refractivity contribution in [2.45, 2.75) is 38.9 Å². The van der Waals surface area contributed by atoms with Crippen LogP contribution in [0.4, 0.5) is 4.79 Å². The van der Waals surface area contributed by atoms with Crippen LogP contribution in [-0.4, -0.2) is 23.3 Å². The van der Waals surface area contributed by atoms with Gasteiger partial charge in [-0.25, -0.2) is 4.79 Å². The van der Waals surface area contributed by atoms with E-state index in [1.807, 2.05) is 61.9 Å². The number of aliphatic hydroxyl groups is 1. The lowest BCUT2D eigenvalue weighted by atomic mass is 10.0. The number of thiophene rings is 1. The standard InChI is InChI=1S/C20H23NO3S/c1-20(2,3)24-19(23)21-11-9-18(22)17-6-4-5-15(13-17)7-8-16-10-12-25-14-16/h4-6,10,12-14,18,22H,9,11H2,1-3H3,(H,21,23). The van der Waals surface area contributed by atoms with Gasteiger partial charge in [-0.15, -0.1) is 0 Å². The molecule has 2 N–H and O–H groups in total. The molecule has 2 rings (SSSR count). The molecule has 1 unspecified atom stereocenters. The number of amides is 1. The number of benzene rings is 1. The van der Waals surface area contributed by atoms with Gasteiger partial charge >= 0.3 is 6.09 Å². The first-order valence-electron chi connectivity index (χ1n) is 8.12. The fraction of sp³-hybridized carbons (Fsp3) is 0.350. The molecule has 1 amide bonds. The SMILES string of the molecule is CC(C)(C)OC(=O)NCCC(O)c1cccc(C#Cc2ccsc2)c1. The quantitative estimate of drug-likeness (QED) is 0.810. The van der Waals surface area contributed by atoms with Crippen molar-refractivity contribution in [2.75, 3.05) is 6.54 Å². The first kappa shape index (κ1) is 19.0. The number of carbonyl (C=O) groups is 1. The van der Waals surface area contributed by atoms with Gasteiger partial charge in [0, 0.05) is 23.1 Å². The Morgan fingerprint density at radius 3 is 2.72 bits per heavy atom. The molecule has 0 bridgehead atoms. The lowest BCUT2D eigenvalue weighted by Gasteiger charge is -2.20. The summed E-state index contributed by atoms with van der Waals surface area (Å²) in [6.45, 7) is 5.76. The molecule has 0 aliphatic carbocycles. The van der Waals surface area contributed by atoms with E-state index in [0.29, 0.717) is 13.0 Å². The second-order valence-electron chi connectivity index (χ2n) is 6.62. The summed E-state index contributed by atoms with van der Waals surface area (Å²) >= 11 is 1.61. The van der Waals surface area contributed by atoms with E-state index in [1.165, 1.54) is 0 Å². The van der Waals surface area contributed by atoms with Gasteiger partial charge < -0.3 is 15.2 Å². The van der Waals surface area contributed by atoms with Crippen molar-refractivity contribution in [1.82, 2.24) is 5.32 Å². The number of ether oxygens (including phenoxy) is 1. The van der Waals surface area contributed by atoms with Gasteiger partial charge in [-0.1, -0.05) is 24.0 Å². The molecule has 1 atom stereocenters. The molecule has 0 fully saturated rings. The van der Waals surface area contributed by atoms with Crippen LogP contribution in [0, 0.1) is 11.8 Å². The minimum Gasteiger partial charge on any atom is -0.444 e. The first-order chi connectivity index (χ1) is 11.8. The van der Waals surface area contributed by atoms with E-state index in [0.717, 1.165) is 16.7 Å². The monoisotopic (exact) mass is 357 g/mol. The molecule has 2 aromatic rings. The van der Waals surface area contributed by atoms with Crippen LogP contribution in [0.1, 0.15) is 50.0 Å². The second kappa shape index (κ2) is 8.70. The maximum absolute atomic E-state index is 11.6. The zero-order valence-corrected chi connectivity index (χ0v) is 15.5. The number of rotatable bonds is 4. The second-order valence-corrected chi connectivity index (χ2v) is 7.40.